The summed E-state index contributed by atoms with van der Waals surface area (Å²) in [7, 11) is 0. The quantitative estimate of drug-likeness (QED) is 0.873. The van der Waals surface area contributed by atoms with Crippen molar-refractivity contribution in [3.8, 4) is 5.75 Å². The van der Waals surface area contributed by atoms with Crippen molar-refractivity contribution >= 4 is 6.09 Å². The molecule has 0 saturated carbocycles. The molecule has 0 radical (unpaired) electrons. The fourth-order valence-electron chi connectivity index (χ4n) is 1.56. The van der Waals surface area contributed by atoms with Gasteiger partial charge in [0.15, 0.2) is 0 Å². The number of ether oxygens (including phenoxy) is 2. The number of benzene rings is 1. The van der Waals surface area contributed by atoms with Crippen LogP contribution in [0.25, 0.3) is 0 Å². The van der Waals surface area contributed by atoms with E-state index in [1.807, 2.05) is 45.0 Å². The minimum Gasteiger partial charge on any atom is -0.491 e. The van der Waals surface area contributed by atoms with Crippen LogP contribution in [-0.4, -0.2) is 18.8 Å². The number of nitrogens with one attached hydrogen (secondary N) is 1. The molecule has 0 aliphatic carbocycles. The monoisotopic (exact) mass is 251 g/mol. The van der Waals surface area contributed by atoms with Gasteiger partial charge in [0.2, 0.25) is 0 Å². The topological polar surface area (TPSA) is 47.6 Å². The third kappa shape index (κ3) is 4.65. The Morgan fingerprint density at radius 1 is 1.33 bits per heavy atom. The summed E-state index contributed by atoms with van der Waals surface area (Å²) in [5, 5.41) is 2.76. The third-order valence-electron chi connectivity index (χ3n) is 2.34. The first-order valence-corrected chi connectivity index (χ1v) is 6.22. The zero-order chi connectivity index (χ0) is 13.5. The van der Waals surface area contributed by atoms with Crippen molar-refractivity contribution in [2.45, 2.75) is 39.8 Å². The van der Waals surface area contributed by atoms with Crippen LogP contribution >= 0.6 is 0 Å². The van der Waals surface area contributed by atoms with Gasteiger partial charge in [0.05, 0.1) is 18.8 Å². The lowest BCUT2D eigenvalue weighted by Gasteiger charge is -2.16. The van der Waals surface area contributed by atoms with Gasteiger partial charge in [-0.15, -0.1) is 0 Å². The number of hydrogen-bond acceptors (Lipinski definition) is 3. The highest BCUT2D eigenvalue weighted by molar-refractivity contribution is 5.67. The molecule has 0 aromatic heterocycles. The Kier molecular flexibility index (Phi) is 5.49. The highest BCUT2D eigenvalue weighted by atomic mass is 16.5. The van der Waals surface area contributed by atoms with Crippen LogP contribution in [0.5, 0.6) is 5.75 Å². The molecule has 0 aliphatic heterocycles. The highest BCUT2D eigenvalue weighted by Crippen LogP contribution is 2.20. The first kappa shape index (κ1) is 14.4. The maximum Gasteiger partial charge on any atom is 0.407 e. The molecule has 1 rings (SSSR count). The number of carbonyl (C=O) groups excluding carboxylic acids is 1. The smallest absolute Gasteiger partial charge is 0.407 e. The summed E-state index contributed by atoms with van der Waals surface area (Å²) in [5.41, 5.74) is 0.987. The van der Waals surface area contributed by atoms with Crippen LogP contribution in [0.2, 0.25) is 0 Å². The van der Waals surface area contributed by atoms with Crippen molar-refractivity contribution in [2.75, 3.05) is 6.61 Å². The molecule has 18 heavy (non-hydrogen) atoms. The molecule has 0 fully saturated rings. The zero-order valence-corrected chi connectivity index (χ0v) is 11.4. The van der Waals surface area contributed by atoms with E-state index in [0.717, 1.165) is 11.3 Å². The standard InChI is InChI=1S/C14H21NO3/c1-5-17-14(16)15-11(4)12-7-6-8-13(9-12)18-10(2)3/h6-11H,5H2,1-4H3,(H,15,16). The number of amides is 1. The predicted octanol–water partition coefficient (Wildman–Crippen LogP) is 3.28. The maximum absolute atomic E-state index is 11.3. The summed E-state index contributed by atoms with van der Waals surface area (Å²) in [6, 6.07) is 7.58. The Hall–Kier alpha value is -1.71. The minimum atomic E-state index is -0.403. The molecule has 4 nitrogen and oxygen atoms in total. The summed E-state index contributed by atoms with van der Waals surface area (Å²) < 4.78 is 10.5. The van der Waals surface area contributed by atoms with Gasteiger partial charge >= 0.3 is 6.09 Å². The van der Waals surface area contributed by atoms with Gasteiger partial charge in [-0.25, -0.2) is 4.79 Å². The molecular formula is C14H21NO3. The summed E-state index contributed by atoms with van der Waals surface area (Å²) >= 11 is 0. The molecule has 1 unspecified atom stereocenters. The number of hydrogen-bond donors (Lipinski definition) is 1. The van der Waals surface area contributed by atoms with Gasteiger partial charge in [0, 0.05) is 0 Å². The Morgan fingerprint density at radius 2 is 2.06 bits per heavy atom. The zero-order valence-electron chi connectivity index (χ0n) is 11.4. The van der Waals surface area contributed by atoms with E-state index in [1.54, 1.807) is 6.92 Å². The fourth-order valence-corrected chi connectivity index (χ4v) is 1.56. The van der Waals surface area contributed by atoms with Crippen molar-refractivity contribution < 1.29 is 14.3 Å². The lowest BCUT2D eigenvalue weighted by Crippen LogP contribution is -2.27. The van der Waals surface area contributed by atoms with Crippen LogP contribution in [-0.2, 0) is 4.74 Å². The second kappa shape index (κ2) is 6.89. The lowest BCUT2D eigenvalue weighted by atomic mass is 10.1. The van der Waals surface area contributed by atoms with E-state index in [1.165, 1.54) is 0 Å². The second-order valence-electron chi connectivity index (χ2n) is 4.33. The van der Waals surface area contributed by atoms with Crippen LogP contribution in [0.1, 0.15) is 39.3 Å². The van der Waals surface area contributed by atoms with Crippen molar-refractivity contribution in [2.24, 2.45) is 0 Å². The molecule has 1 atom stereocenters. The van der Waals surface area contributed by atoms with Crippen LogP contribution in [0.15, 0.2) is 24.3 Å². The van der Waals surface area contributed by atoms with Crippen molar-refractivity contribution in [1.82, 2.24) is 5.32 Å². The van der Waals surface area contributed by atoms with Crippen LogP contribution in [0.3, 0.4) is 0 Å². The normalized spacial score (nSPS) is 12.1. The molecule has 4 heteroatoms. The number of rotatable bonds is 5. The van der Waals surface area contributed by atoms with Gasteiger partial charge in [0.25, 0.3) is 0 Å². The molecule has 1 aromatic rings. The Labute approximate surface area is 108 Å². The molecule has 1 aromatic carbocycles. The van der Waals surface area contributed by atoms with E-state index in [0.29, 0.717) is 6.61 Å². The van der Waals surface area contributed by atoms with E-state index in [2.05, 4.69) is 5.32 Å². The van der Waals surface area contributed by atoms with Gasteiger partial charge < -0.3 is 14.8 Å². The Morgan fingerprint density at radius 3 is 2.67 bits per heavy atom. The third-order valence-corrected chi connectivity index (χ3v) is 2.34. The lowest BCUT2D eigenvalue weighted by molar-refractivity contribution is 0.149. The second-order valence-corrected chi connectivity index (χ2v) is 4.33. The van der Waals surface area contributed by atoms with Crippen LogP contribution in [0.4, 0.5) is 4.79 Å². The van der Waals surface area contributed by atoms with E-state index >= 15 is 0 Å². The van der Waals surface area contributed by atoms with Gasteiger partial charge in [-0.1, -0.05) is 12.1 Å². The summed E-state index contributed by atoms with van der Waals surface area (Å²) in [6.07, 6.45) is -0.270. The molecule has 0 bridgehead atoms. The molecule has 0 saturated heterocycles. The minimum absolute atomic E-state index is 0.111. The fraction of sp³-hybridized carbons (Fsp3) is 0.500. The van der Waals surface area contributed by atoms with Crippen LogP contribution in [0, 0.1) is 0 Å². The maximum atomic E-state index is 11.3. The Bertz CT molecular complexity index is 390. The van der Waals surface area contributed by atoms with Gasteiger partial charge in [-0.3, -0.25) is 0 Å². The number of carbonyl (C=O) groups is 1. The molecule has 0 aliphatic rings. The molecule has 1 N–H and O–H groups in total. The first-order chi connectivity index (χ1) is 8.52. The van der Waals surface area contributed by atoms with Crippen molar-refractivity contribution in [3.63, 3.8) is 0 Å². The summed E-state index contributed by atoms with van der Waals surface area (Å²) in [6.45, 7) is 8.02. The molecule has 0 spiro atoms. The molecular weight excluding hydrogens is 230 g/mol. The summed E-state index contributed by atoms with van der Waals surface area (Å²) in [4.78, 5) is 11.3. The average Bonchev–Trinajstić information content (AvgIpc) is 2.28. The SMILES string of the molecule is CCOC(=O)NC(C)c1cccc(OC(C)C)c1. The molecule has 100 valence electrons. The highest BCUT2D eigenvalue weighted by Gasteiger charge is 2.10. The largest absolute Gasteiger partial charge is 0.491 e. The Balaban J connectivity index is 2.67. The molecule has 0 heterocycles. The van der Waals surface area contributed by atoms with E-state index in [9.17, 15) is 4.79 Å². The van der Waals surface area contributed by atoms with Crippen molar-refractivity contribution in [3.05, 3.63) is 29.8 Å². The molecule has 1 amide bonds. The van der Waals surface area contributed by atoms with E-state index < -0.39 is 6.09 Å². The van der Waals surface area contributed by atoms with Crippen molar-refractivity contribution in [1.29, 1.82) is 0 Å². The first-order valence-electron chi connectivity index (χ1n) is 6.22. The number of alkyl carbamates (subject to hydrolysis) is 1. The summed E-state index contributed by atoms with van der Waals surface area (Å²) in [5.74, 6) is 0.806. The van der Waals surface area contributed by atoms with Gasteiger partial charge in [0.1, 0.15) is 5.75 Å². The van der Waals surface area contributed by atoms with Gasteiger partial charge in [-0.2, -0.15) is 0 Å². The van der Waals surface area contributed by atoms with E-state index in [4.69, 9.17) is 9.47 Å². The van der Waals surface area contributed by atoms with Crippen LogP contribution < -0.4 is 10.1 Å². The predicted molar refractivity (Wildman–Crippen MR) is 70.8 cm³/mol. The van der Waals surface area contributed by atoms with Gasteiger partial charge in [-0.05, 0) is 45.4 Å². The average molecular weight is 251 g/mol. The van der Waals surface area contributed by atoms with E-state index in [-0.39, 0.29) is 12.1 Å².